The van der Waals surface area contributed by atoms with E-state index in [-0.39, 0.29) is 17.8 Å². The first kappa shape index (κ1) is 14.2. The molecule has 0 unspecified atom stereocenters. The second kappa shape index (κ2) is 5.32. The summed E-state index contributed by atoms with van der Waals surface area (Å²) in [6.45, 7) is -0.00671. The number of halogens is 1. The summed E-state index contributed by atoms with van der Waals surface area (Å²) in [7, 11) is 0. The maximum absolute atomic E-state index is 14.3. The average molecular weight is 318 g/mol. The van der Waals surface area contributed by atoms with Gasteiger partial charge in [0.2, 0.25) is 12.3 Å². The minimum Gasteiger partial charge on any atom is -0.623 e. The van der Waals surface area contributed by atoms with Gasteiger partial charge in [-0.3, -0.25) is 4.57 Å². The number of nitrogens with zero attached hydrogens (tertiary/aromatic N) is 4. The predicted octanol–water partition coefficient (Wildman–Crippen LogP) is 2.74. The van der Waals surface area contributed by atoms with Gasteiger partial charge < -0.3 is 5.21 Å². The van der Waals surface area contributed by atoms with Gasteiger partial charge >= 0.3 is 0 Å². The lowest BCUT2D eigenvalue weighted by atomic mass is 9.98. The van der Waals surface area contributed by atoms with Crippen molar-refractivity contribution in [2.75, 3.05) is 0 Å². The van der Waals surface area contributed by atoms with Gasteiger partial charge in [-0.15, -0.1) is 0 Å². The van der Waals surface area contributed by atoms with Crippen molar-refractivity contribution in [3.05, 3.63) is 88.4 Å². The number of fused-ring (bicyclic) bond motifs is 3. The summed E-state index contributed by atoms with van der Waals surface area (Å²) in [5, 5.41) is 22.0. The number of hydroxylamine groups is 1. The van der Waals surface area contributed by atoms with Gasteiger partial charge in [0.15, 0.2) is 5.82 Å². The summed E-state index contributed by atoms with van der Waals surface area (Å²) in [6.07, 6.45) is 3.36. The Morgan fingerprint density at radius 3 is 2.83 bits per heavy atom. The molecule has 0 fully saturated rings. The lowest BCUT2D eigenvalue weighted by Crippen LogP contribution is -2.19. The SMILES string of the molecule is N#Cc1ccc2c(c1)C(c1ccccc1F)=[N+]([O-])Cc1nccn1-2. The van der Waals surface area contributed by atoms with E-state index in [1.54, 1.807) is 53.4 Å². The third-order valence-electron chi connectivity index (χ3n) is 4.02. The lowest BCUT2D eigenvalue weighted by Gasteiger charge is -2.11. The fourth-order valence-electron chi connectivity index (χ4n) is 2.95. The number of nitriles is 1. The van der Waals surface area contributed by atoms with E-state index in [4.69, 9.17) is 0 Å². The fourth-order valence-corrected chi connectivity index (χ4v) is 2.95. The summed E-state index contributed by atoms with van der Waals surface area (Å²) in [5.74, 6) is 0.0727. The van der Waals surface area contributed by atoms with Gasteiger partial charge in [-0.1, -0.05) is 12.1 Å². The van der Waals surface area contributed by atoms with Gasteiger partial charge in [0.25, 0.3) is 0 Å². The second-order valence-corrected chi connectivity index (χ2v) is 5.42. The van der Waals surface area contributed by atoms with Crippen molar-refractivity contribution < 1.29 is 9.13 Å². The monoisotopic (exact) mass is 318 g/mol. The average Bonchev–Trinajstić information content (AvgIpc) is 3.00. The van der Waals surface area contributed by atoms with Crippen LogP contribution in [-0.2, 0) is 6.54 Å². The minimum absolute atomic E-state index is 0.00671. The summed E-state index contributed by atoms with van der Waals surface area (Å²) < 4.78 is 16.9. The molecule has 2 aromatic carbocycles. The first-order valence-corrected chi connectivity index (χ1v) is 7.32. The Hall–Kier alpha value is -3.46. The molecule has 0 saturated carbocycles. The van der Waals surface area contributed by atoms with E-state index in [2.05, 4.69) is 11.1 Å². The molecular formula is C18H11FN4O. The minimum atomic E-state index is -0.485. The molecule has 24 heavy (non-hydrogen) atoms. The largest absolute Gasteiger partial charge is 0.623 e. The van der Waals surface area contributed by atoms with Crippen molar-refractivity contribution in [3.63, 3.8) is 0 Å². The van der Waals surface area contributed by atoms with Crippen LogP contribution >= 0.6 is 0 Å². The van der Waals surface area contributed by atoms with Crippen molar-refractivity contribution in [3.8, 4) is 11.8 Å². The van der Waals surface area contributed by atoms with Crippen molar-refractivity contribution >= 4 is 5.71 Å². The predicted molar refractivity (Wildman–Crippen MR) is 85.2 cm³/mol. The van der Waals surface area contributed by atoms with Gasteiger partial charge in [-0.05, 0) is 30.3 Å². The van der Waals surface area contributed by atoms with Gasteiger partial charge in [0, 0.05) is 12.4 Å². The molecule has 5 nitrogen and oxygen atoms in total. The first-order chi connectivity index (χ1) is 11.7. The summed E-state index contributed by atoms with van der Waals surface area (Å²) in [4.78, 5) is 4.21. The van der Waals surface area contributed by atoms with Crippen LogP contribution in [0.3, 0.4) is 0 Å². The van der Waals surface area contributed by atoms with Gasteiger partial charge in [0.05, 0.1) is 28.4 Å². The molecule has 0 spiro atoms. The van der Waals surface area contributed by atoms with Crippen LogP contribution in [0, 0.1) is 22.4 Å². The number of benzene rings is 2. The van der Waals surface area contributed by atoms with E-state index in [1.165, 1.54) is 6.07 Å². The Bertz CT molecular complexity index is 1030. The third-order valence-corrected chi connectivity index (χ3v) is 4.02. The van der Waals surface area contributed by atoms with Crippen LogP contribution in [0.25, 0.3) is 5.69 Å². The number of hydrogen-bond acceptors (Lipinski definition) is 3. The quantitative estimate of drug-likeness (QED) is 0.512. The molecule has 0 saturated heterocycles. The zero-order valence-electron chi connectivity index (χ0n) is 12.5. The molecule has 1 aliphatic heterocycles. The molecule has 6 heteroatoms. The third kappa shape index (κ3) is 2.07. The van der Waals surface area contributed by atoms with Crippen LogP contribution in [0.5, 0.6) is 0 Å². The molecule has 1 aliphatic rings. The van der Waals surface area contributed by atoms with Crippen LogP contribution in [0.15, 0.2) is 54.9 Å². The molecule has 0 atom stereocenters. The van der Waals surface area contributed by atoms with Crippen LogP contribution in [-0.4, -0.2) is 20.0 Å². The highest BCUT2D eigenvalue weighted by molar-refractivity contribution is 6.12. The standard InChI is InChI=1S/C18H11FN4O/c19-15-4-2-1-3-13(15)18-14-9-12(10-20)5-6-16(14)22-8-7-21-17(22)11-23(18)24/h1-9H,11H2. The Labute approximate surface area is 137 Å². The van der Waals surface area contributed by atoms with Crippen LogP contribution < -0.4 is 0 Å². The van der Waals surface area contributed by atoms with E-state index < -0.39 is 5.82 Å². The highest BCUT2D eigenvalue weighted by Gasteiger charge is 2.28. The summed E-state index contributed by atoms with van der Waals surface area (Å²) in [5.41, 5.74) is 2.00. The van der Waals surface area contributed by atoms with Gasteiger partial charge in [0.1, 0.15) is 5.82 Å². The highest BCUT2D eigenvalue weighted by atomic mass is 19.1. The molecule has 1 aromatic heterocycles. The second-order valence-electron chi connectivity index (χ2n) is 5.42. The zero-order valence-corrected chi connectivity index (χ0v) is 12.5. The Morgan fingerprint density at radius 1 is 1.21 bits per heavy atom. The molecule has 0 radical (unpaired) electrons. The molecule has 0 aliphatic carbocycles. The molecule has 116 valence electrons. The summed E-state index contributed by atoms with van der Waals surface area (Å²) in [6, 6.07) is 13.2. The first-order valence-electron chi connectivity index (χ1n) is 7.32. The Balaban J connectivity index is 2.08. The number of hydrogen-bond donors (Lipinski definition) is 0. The molecule has 0 amide bonds. The van der Waals surface area contributed by atoms with E-state index in [9.17, 15) is 14.9 Å². The van der Waals surface area contributed by atoms with Crippen molar-refractivity contribution in [2.45, 2.75) is 6.54 Å². The van der Waals surface area contributed by atoms with Crippen LogP contribution in [0.1, 0.15) is 22.5 Å². The maximum atomic E-state index is 14.3. The number of rotatable bonds is 1. The fraction of sp³-hybridized carbons (Fsp3) is 0.0556. The molecule has 3 aromatic rings. The molecule has 0 N–H and O–H groups in total. The summed E-state index contributed by atoms with van der Waals surface area (Å²) >= 11 is 0. The molecule has 0 bridgehead atoms. The van der Waals surface area contributed by atoms with E-state index in [1.807, 2.05) is 0 Å². The molecule has 4 rings (SSSR count). The normalized spacial score (nSPS) is 13.0. The zero-order chi connectivity index (χ0) is 16.7. The number of imidazole rings is 1. The van der Waals surface area contributed by atoms with Crippen molar-refractivity contribution in [2.24, 2.45) is 0 Å². The Morgan fingerprint density at radius 2 is 2.04 bits per heavy atom. The number of aromatic nitrogens is 2. The van der Waals surface area contributed by atoms with Crippen molar-refractivity contribution in [1.29, 1.82) is 5.26 Å². The van der Waals surface area contributed by atoms with E-state index in [0.29, 0.717) is 22.6 Å². The van der Waals surface area contributed by atoms with Gasteiger partial charge in [-0.25, -0.2) is 9.37 Å². The van der Waals surface area contributed by atoms with Gasteiger partial charge in [-0.2, -0.15) is 10.0 Å². The highest BCUT2D eigenvalue weighted by Crippen LogP contribution is 2.26. The smallest absolute Gasteiger partial charge is 0.231 e. The lowest BCUT2D eigenvalue weighted by molar-refractivity contribution is -0.475. The van der Waals surface area contributed by atoms with Crippen LogP contribution in [0.2, 0.25) is 0 Å². The topological polar surface area (TPSA) is 67.7 Å². The van der Waals surface area contributed by atoms with Crippen molar-refractivity contribution in [1.82, 2.24) is 9.55 Å². The van der Waals surface area contributed by atoms with E-state index in [0.717, 1.165) is 4.74 Å². The Kier molecular flexibility index (Phi) is 3.14. The maximum Gasteiger partial charge on any atom is 0.231 e. The van der Waals surface area contributed by atoms with Crippen LogP contribution in [0.4, 0.5) is 4.39 Å². The van der Waals surface area contributed by atoms with E-state index >= 15 is 0 Å². The molecule has 2 heterocycles. The molecular weight excluding hydrogens is 307 g/mol.